The lowest BCUT2D eigenvalue weighted by Gasteiger charge is -2.15. The van der Waals surface area contributed by atoms with E-state index in [0.717, 1.165) is 22.6 Å². The van der Waals surface area contributed by atoms with Crippen molar-refractivity contribution in [2.45, 2.75) is 32.4 Å². The fraction of sp³-hybridized carbons (Fsp3) is 0.462. The van der Waals surface area contributed by atoms with E-state index in [4.69, 9.17) is 4.74 Å². The van der Waals surface area contributed by atoms with Gasteiger partial charge in [-0.2, -0.15) is 0 Å². The number of fused-ring (bicyclic) bond motifs is 1. The average molecular weight is 343 g/mol. The number of aromatic nitrogens is 2. The van der Waals surface area contributed by atoms with E-state index in [0.29, 0.717) is 12.1 Å². The zero-order valence-electron chi connectivity index (χ0n) is 11.5. The molecule has 19 heavy (non-hydrogen) atoms. The van der Waals surface area contributed by atoms with Gasteiger partial charge in [-0.3, -0.25) is 4.79 Å². The summed E-state index contributed by atoms with van der Waals surface area (Å²) in [5.74, 6) is 0. The normalized spacial score (nSPS) is 12.2. The monoisotopic (exact) mass is 342 g/mol. The molecule has 0 atom stereocenters. The molecule has 0 spiro atoms. The molecule has 6 heteroatoms. The molecule has 0 aromatic carbocycles. The summed E-state index contributed by atoms with van der Waals surface area (Å²) in [4.78, 5) is 14.4. The third kappa shape index (κ3) is 3.58. The topological polar surface area (TPSA) is 47.0 Å². The van der Waals surface area contributed by atoms with E-state index in [1.54, 1.807) is 6.20 Å². The Hall–Kier alpha value is -0.853. The number of nitrogens with one attached hydrogen (secondary N) is 1. The largest absolute Gasteiger partial charge is 0.361 e. The molecule has 2 heterocycles. The van der Waals surface area contributed by atoms with Crippen LogP contribution in [-0.2, 0) is 11.5 Å². The molecule has 0 amide bonds. The summed E-state index contributed by atoms with van der Waals surface area (Å²) in [6.45, 7) is 8.25. The highest BCUT2D eigenvalue weighted by atomic mass is 79.9. The maximum Gasteiger partial charge on any atom is 0.257 e. The summed E-state index contributed by atoms with van der Waals surface area (Å²) >= 11 is 3.46. The van der Waals surface area contributed by atoms with Crippen LogP contribution in [0.5, 0.6) is 0 Å². The van der Waals surface area contributed by atoms with Crippen molar-refractivity contribution in [2.75, 3.05) is 6.61 Å². The minimum atomic E-state index is -1.05. The fourth-order valence-corrected chi connectivity index (χ4v) is 3.16. The Balaban J connectivity index is 2.10. The molecule has 0 unspecified atom stereocenters. The van der Waals surface area contributed by atoms with E-state index in [1.807, 2.05) is 16.8 Å². The van der Waals surface area contributed by atoms with Crippen molar-refractivity contribution in [2.24, 2.45) is 0 Å². The third-order valence-electron chi connectivity index (χ3n) is 2.99. The van der Waals surface area contributed by atoms with Crippen molar-refractivity contribution >= 4 is 34.9 Å². The minimum absolute atomic E-state index is 0.0703. The van der Waals surface area contributed by atoms with Crippen LogP contribution in [0, 0.1) is 0 Å². The Morgan fingerprint density at radius 2 is 2.16 bits per heavy atom. The lowest BCUT2D eigenvalue weighted by molar-refractivity contribution is 0.0902. The van der Waals surface area contributed by atoms with Gasteiger partial charge in [0.05, 0.1) is 15.4 Å². The van der Waals surface area contributed by atoms with Gasteiger partial charge >= 0.3 is 0 Å². The highest BCUT2D eigenvalue weighted by Gasteiger charge is 2.12. The van der Waals surface area contributed by atoms with Crippen molar-refractivity contribution in [3.8, 4) is 0 Å². The van der Waals surface area contributed by atoms with Crippen molar-refractivity contribution in [1.29, 1.82) is 0 Å². The molecule has 0 aliphatic rings. The van der Waals surface area contributed by atoms with Crippen molar-refractivity contribution in [3.05, 3.63) is 33.3 Å². The third-order valence-corrected chi connectivity index (χ3v) is 5.30. The van der Waals surface area contributed by atoms with Crippen LogP contribution in [0.1, 0.15) is 0 Å². The zero-order valence-corrected chi connectivity index (χ0v) is 14.1. The Kier molecular flexibility index (Phi) is 4.32. The van der Waals surface area contributed by atoms with Gasteiger partial charge in [0.1, 0.15) is 6.73 Å². The maximum absolute atomic E-state index is 11.7. The minimum Gasteiger partial charge on any atom is -0.361 e. The Morgan fingerprint density at radius 3 is 2.84 bits per heavy atom. The number of ether oxygens (including phenoxy) is 1. The first-order valence-corrected chi connectivity index (χ1v) is 10.8. The van der Waals surface area contributed by atoms with Gasteiger partial charge in [0.2, 0.25) is 0 Å². The van der Waals surface area contributed by atoms with Gasteiger partial charge < -0.3 is 14.3 Å². The molecule has 2 rings (SSSR count). The molecule has 0 fully saturated rings. The molecular formula is C13H19BrN2O2Si. The molecule has 104 valence electrons. The molecule has 2 aromatic heterocycles. The zero-order chi connectivity index (χ0) is 14.0. The number of H-pyrrole nitrogens is 1. The molecule has 0 saturated heterocycles. The molecule has 0 radical (unpaired) electrons. The number of hydrogen-bond donors (Lipinski definition) is 1. The fourth-order valence-electron chi connectivity index (χ4n) is 1.85. The Morgan fingerprint density at radius 1 is 1.42 bits per heavy atom. The molecule has 0 aliphatic heterocycles. The summed E-state index contributed by atoms with van der Waals surface area (Å²) in [5.41, 5.74) is 0.816. The molecule has 1 N–H and O–H groups in total. The lowest BCUT2D eigenvalue weighted by atomic mass is 10.3. The molecular weight excluding hydrogens is 324 g/mol. The quantitative estimate of drug-likeness (QED) is 0.668. The summed E-state index contributed by atoms with van der Waals surface area (Å²) < 4.78 is 8.55. The number of rotatable bonds is 5. The van der Waals surface area contributed by atoms with Crippen LogP contribution in [0.4, 0.5) is 0 Å². The lowest BCUT2D eigenvalue weighted by Crippen LogP contribution is -2.22. The van der Waals surface area contributed by atoms with Crippen LogP contribution in [0.25, 0.3) is 10.9 Å². The average Bonchev–Trinajstić information content (AvgIpc) is 2.73. The molecule has 2 aromatic rings. The van der Waals surface area contributed by atoms with E-state index < -0.39 is 8.07 Å². The van der Waals surface area contributed by atoms with E-state index >= 15 is 0 Å². The second-order valence-corrected chi connectivity index (χ2v) is 12.3. The van der Waals surface area contributed by atoms with Gasteiger partial charge in [-0.25, -0.2) is 0 Å². The molecule has 0 aliphatic carbocycles. The highest BCUT2D eigenvalue weighted by molar-refractivity contribution is 9.10. The number of nitrogens with zero attached hydrogens (tertiary/aromatic N) is 1. The van der Waals surface area contributed by atoms with Gasteiger partial charge in [-0.15, -0.1) is 0 Å². The van der Waals surface area contributed by atoms with Crippen LogP contribution in [0.15, 0.2) is 27.7 Å². The summed E-state index contributed by atoms with van der Waals surface area (Å²) in [6, 6.07) is 2.97. The van der Waals surface area contributed by atoms with Gasteiger partial charge in [-0.1, -0.05) is 19.6 Å². The van der Waals surface area contributed by atoms with Gasteiger partial charge in [0.25, 0.3) is 5.56 Å². The van der Waals surface area contributed by atoms with Gasteiger partial charge in [0.15, 0.2) is 0 Å². The van der Waals surface area contributed by atoms with Crippen molar-refractivity contribution in [3.63, 3.8) is 0 Å². The maximum atomic E-state index is 11.7. The SMILES string of the molecule is C[Si](C)(C)CCOCn1ccc2c(=O)[nH]cc(Br)c21. The Labute approximate surface area is 121 Å². The van der Waals surface area contributed by atoms with Gasteiger partial charge in [-0.05, 0) is 28.0 Å². The smallest absolute Gasteiger partial charge is 0.257 e. The molecule has 0 saturated carbocycles. The Bertz CT molecular complexity index is 628. The predicted octanol–water partition coefficient (Wildman–Crippen LogP) is 3.40. The first kappa shape index (κ1) is 14.6. The van der Waals surface area contributed by atoms with Crippen molar-refractivity contribution < 1.29 is 4.74 Å². The van der Waals surface area contributed by atoms with Crippen LogP contribution in [0.2, 0.25) is 25.7 Å². The molecule has 0 bridgehead atoms. The van der Waals surface area contributed by atoms with Crippen LogP contribution in [0.3, 0.4) is 0 Å². The van der Waals surface area contributed by atoms with Crippen LogP contribution < -0.4 is 5.56 Å². The second-order valence-electron chi connectivity index (χ2n) is 5.86. The van der Waals surface area contributed by atoms with Crippen LogP contribution >= 0.6 is 15.9 Å². The number of aromatic amines is 1. The predicted molar refractivity (Wildman–Crippen MR) is 84.4 cm³/mol. The first-order chi connectivity index (χ1) is 8.88. The first-order valence-electron chi connectivity index (χ1n) is 6.32. The number of hydrogen-bond acceptors (Lipinski definition) is 2. The van der Waals surface area contributed by atoms with E-state index in [2.05, 4.69) is 40.6 Å². The number of pyridine rings is 1. The standard InChI is InChI=1S/C13H19BrN2O2Si/c1-19(2,3)7-6-18-9-16-5-4-10-12(16)11(14)8-15-13(10)17/h4-5,8H,6-7,9H2,1-3H3,(H,15,17). The second kappa shape index (κ2) is 5.64. The van der Waals surface area contributed by atoms with Crippen molar-refractivity contribution in [1.82, 2.24) is 9.55 Å². The van der Waals surface area contributed by atoms with Crippen LogP contribution in [-0.4, -0.2) is 24.2 Å². The van der Waals surface area contributed by atoms with E-state index in [1.165, 1.54) is 0 Å². The van der Waals surface area contributed by atoms with E-state index in [-0.39, 0.29) is 5.56 Å². The summed E-state index contributed by atoms with van der Waals surface area (Å²) in [7, 11) is -1.05. The number of halogens is 1. The summed E-state index contributed by atoms with van der Waals surface area (Å²) in [6.07, 6.45) is 3.56. The highest BCUT2D eigenvalue weighted by Crippen LogP contribution is 2.21. The van der Waals surface area contributed by atoms with Gasteiger partial charge in [0, 0.05) is 27.1 Å². The van der Waals surface area contributed by atoms with E-state index in [9.17, 15) is 4.79 Å². The summed E-state index contributed by atoms with van der Waals surface area (Å²) in [5, 5.41) is 0.683. The molecule has 4 nitrogen and oxygen atoms in total.